The van der Waals surface area contributed by atoms with E-state index in [1.165, 1.54) is 0 Å². The lowest BCUT2D eigenvalue weighted by Crippen LogP contribution is -2.32. The van der Waals surface area contributed by atoms with Crippen molar-refractivity contribution in [1.29, 1.82) is 0 Å². The Labute approximate surface area is 89.4 Å². The number of hydrogen-bond donors (Lipinski definition) is 1. The second-order valence-corrected chi connectivity index (χ2v) is 4.01. The summed E-state index contributed by atoms with van der Waals surface area (Å²) in [4.78, 5) is 13.5. The smallest absolute Gasteiger partial charge is 0.156 e. The summed E-state index contributed by atoms with van der Waals surface area (Å²) >= 11 is 0. The summed E-state index contributed by atoms with van der Waals surface area (Å²) in [7, 11) is 1.94. The molecular weight excluding hydrogens is 190 g/mol. The third kappa shape index (κ3) is 1.53. The zero-order chi connectivity index (χ0) is 11.0. The quantitative estimate of drug-likeness (QED) is 0.727. The number of likely N-dealkylation sites (N-methyl/N-ethyl adjacent to an activating group) is 1. The Morgan fingerprint density at radius 3 is 2.93 bits per heavy atom. The van der Waals surface area contributed by atoms with Crippen LogP contribution in [-0.2, 0) is 4.79 Å². The Balaban J connectivity index is 2.35. The van der Waals surface area contributed by atoms with Crippen LogP contribution in [0, 0.1) is 5.92 Å². The molecule has 0 fully saturated rings. The van der Waals surface area contributed by atoms with Gasteiger partial charge in [-0.1, -0.05) is 24.3 Å². The van der Waals surface area contributed by atoms with Gasteiger partial charge in [-0.15, -0.1) is 0 Å². The van der Waals surface area contributed by atoms with Crippen LogP contribution in [0.5, 0.6) is 0 Å². The van der Waals surface area contributed by atoms with Gasteiger partial charge >= 0.3 is 0 Å². The SMILES string of the molecule is CC(=O)C1=CC=CC2C1C=C(CO)N2C. The predicted octanol–water partition coefficient (Wildman–Crippen LogP) is 0.878. The van der Waals surface area contributed by atoms with Crippen LogP contribution in [0.3, 0.4) is 0 Å². The summed E-state index contributed by atoms with van der Waals surface area (Å²) in [5, 5.41) is 9.17. The molecule has 3 nitrogen and oxygen atoms in total. The van der Waals surface area contributed by atoms with Crippen molar-refractivity contribution in [3.05, 3.63) is 35.6 Å². The standard InChI is InChI=1S/C12H15NO2/c1-8(15)10-4-3-5-12-11(10)6-9(7-14)13(12)2/h3-6,11-12,14H,7H2,1-2H3. The fourth-order valence-corrected chi connectivity index (χ4v) is 2.28. The van der Waals surface area contributed by atoms with E-state index in [1.807, 2.05) is 30.2 Å². The van der Waals surface area contributed by atoms with Crippen molar-refractivity contribution in [2.45, 2.75) is 13.0 Å². The molecule has 0 amide bonds. The van der Waals surface area contributed by atoms with Crippen LogP contribution < -0.4 is 0 Å². The monoisotopic (exact) mass is 205 g/mol. The average molecular weight is 205 g/mol. The van der Waals surface area contributed by atoms with Gasteiger partial charge in [0, 0.05) is 24.2 Å². The summed E-state index contributed by atoms with van der Waals surface area (Å²) in [6, 6.07) is 0.191. The minimum atomic E-state index is 0.0303. The van der Waals surface area contributed by atoms with Crippen molar-refractivity contribution in [2.75, 3.05) is 13.7 Å². The van der Waals surface area contributed by atoms with Crippen molar-refractivity contribution in [2.24, 2.45) is 5.92 Å². The Bertz CT molecular complexity index is 379. The minimum absolute atomic E-state index is 0.0303. The normalized spacial score (nSPS) is 28.6. The summed E-state index contributed by atoms with van der Waals surface area (Å²) in [6.45, 7) is 1.62. The van der Waals surface area contributed by atoms with E-state index in [-0.39, 0.29) is 24.3 Å². The molecule has 3 heteroatoms. The molecule has 1 N–H and O–H groups in total. The summed E-state index contributed by atoms with van der Waals surface area (Å²) < 4.78 is 0. The molecule has 0 saturated heterocycles. The number of aliphatic hydroxyl groups excluding tert-OH is 1. The highest BCUT2D eigenvalue weighted by Crippen LogP contribution is 2.34. The van der Waals surface area contributed by atoms with E-state index in [1.54, 1.807) is 6.92 Å². The van der Waals surface area contributed by atoms with E-state index in [9.17, 15) is 4.79 Å². The number of Topliss-reactive ketones (excluding diaryl/α,β-unsaturated/α-hetero) is 1. The first kappa shape index (κ1) is 10.2. The topological polar surface area (TPSA) is 40.5 Å². The first-order valence-corrected chi connectivity index (χ1v) is 5.09. The zero-order valence-electron chi connectivity index (χ0n) is 8.97. The Hall–Kier alpha value is -1.35. The van der Waals surface area contributed by atoms with Crippen LogP contribution in [0.1, 0.15) is 6.92 Å². The van der Waals surface area contributed by atoms with Crippen LogP contribution in [0.4, 0.5) is 0 Å². The van der Waals surface area contributed by atoms with Gasteiger partial charge in [-0.2, -0.15) is 0 Å². The molecule has 0 aromatic heterocycles. The molecule has 80 valence electrons. The highest BCUT2D eigenvalue weighted by Gasteiger charge is 2.34. The van der Waals surface area contributed by atoms with Gasteiger partial charge in [-0.3, -0.25) is 4.79 Å². The van der Waals surface area contributed by atoms with Crippen molar-refractivity contribution < 1.29 is 9.90 Å². The molecule has 0 bridgehead atoms. The van der Waals surface area contributed by atoms with E-state index >= 15 is 0 Å². The van der Waals surface area contributed by atoms with Crippen LogP contribution in [0.25, 0.3) is 0 Å². The predicted molar refractivity (Wildman–Crippen MR) is 58.1 cm³/mol. The number of carbonyl (C=O) groups excluding carboxylic acids is 1. The Kier molecular flexibility index (Phi) is 2.49. The van der Waals surface area contributed by atoms with Gasteiger partial charge in [0.25, 0.3) is 0 Å². The fourth-order valence-electron chi connectivity index (χ4n) is 2.28. The lowest BCUT2D eigenvalue weighted by molar-refractivity contribution is -0.114. The largest absolute Gasteiger partial charge is 0.390 e. The van der Waals surface area contributed by atoms with Gasteiger partial charge in [-0.25, -0.2) is 0 Å². The molecule has 0 aromatic rings. The highest BCUT2D eigenvalue weighted by molar-refractivity contribution is 5.95. The Morgan fingerprint density at radius 1 is 1.60 bits per heavy atom. The number of rotatable bonds is 2. The van der Waals surface area contributed by atoms with Gasteiger partial charge < -0.3 is 10.0 Å². The molecule has 1 aliphatic carbocycles. The molecule has 2 unspecified atom stereocenters. The highest BCUT2D eigenvalue weighted by atomic mass is 16.3. The number of carbonyl (C=O) groups is 1. The summed E-state index contributed by atoms with van der Waals surface area (Å²) in [5.41, 5.74) is 1.72. The van der Waals surface area contributed by atoms with Gasteiger partial charge in [0.05, 0.1) is 12.6 Å². The molecule has 2 atom stereocenters. The van der Waals surface area contributed by atoms with Crippen LogP contribution in [0.15, 0.2) is 35.6 Å². The Morgan fingerprint density at radius 2 is 2.33 bits per heavy atom. The first-order chi connectivity index (χ1) is 7.15. The van der Waals surface area contributed by atoms with E-state index in [0.717, 1.165) is 11.3 Å². The third-order valence-electron chi connectivity index (χ3n) is 3.15. The van der Waals surface area contributed by atoms with Gasteiger partial charge in [0.2, 0.25) is 0 Å². The average Bonchev–Trinajstić information content (AvgIpc) is 2.55. The fraction of sp³-hybridized carbons (Fsp3) is 0.417. The molecule has 0 spiro atoms. The van der Waals surface area contributed by atoms with Gasteiger partial charge in [0.1, 0.15) is 0 Å². The number of hydrogen-bond acceptors (Lipinski definition) is 3. The number of allylic oxidation sites excluding steroid dienone is 2. The molecule has 2 aliphatic rings. The van der Waals surface area contributed by atoms with Crippen LogP contribution in [-0.4, -0.2) is 35.5 Å². The summed E-state index contributed by atoms with van der Waals surface area (Å²) in [5.74, 6) is 0.220. The van der Waals surface area contributed by atoms with Gasteiger partial charge in [0.15, 0.2) is 5.78 Å². The van der Waals surface area contributed by atoms with Crippen molar-refractivity contribution in [3.8, 4) is 0 Å². The third-order valence-corrected chi connectivity index (χ3v) is 3.15. The van der Waals surface area contributed by atoms with Crippen molar-refractivity contribution in [1.82, 2.24) is 4.90 Å². The maximum atomic E-state index is 11.4. The molecule has 1 heterocycles. The summed E-state index contributed by atoms with van der Waals surface area (Å²) in [6.07, 6.45) is 7.84. The van der Waals surface area contributed by atoms with Crippen molar-refractivity contribution >= 4 is 5.78 Å². The minimum Gasteiger partial charge on any atom is -0.390 e. The van der Waals surface area contributed by atoms with E-state index in [0.29, 0.717) is 0 Å². The molecule has 1 aliphatic heterocycles. The van der Waals surface area contributed by atoms with Crippen molar-refractivity contribution in [3.63, 3.8) is 0 Å². The maximum Gasteiger partial charge on any atom is 0.156 e. The van der Waals surface area contributed by atoms with E-state index in [4.69, 9.17) is 5.11 Å². The molecule has 15 heavy (non-hydrogen) atoms. The second-order valence-electron chi connectivity index (χ2n) is 4.01. The first-order valence-electron chi connectivity index (χ1n) is 5.09. The van der Waals surface area contributed by atoms with Crippen LogP contribution >= 0.6 is 0 Å². The maximum absolute atomic E-state index is 11.4. The molecule has 0 aromatic carbocycles. The molecule has 0 radical (unpaired) electrons. The number of ketones is 1. The zero-order valence-corrected chi connectivity index (χ0v) is 8.97. The number of aliphatic hydroxyl groups is 1. The number of nitrogens with zero attached hydrogens (tertiary/aromatic N) is 1. The van der Waals surface area contributed by atoms with Gasteiger partial charge in [-0.05, 0) is 6.92 Å². The molecule has 0 saturated carbocycles. The van der Waals surface area contributed by atoms with Crippen LogP contribution in [0.2, 0.25) is 0 Å². The lowest BCUT2D eigenvalue weighted by atomic mass is 9.86. The molecular formula is C12H15NO2. The van der Waals surface area contributed by atoms with E-state index < -0.39 is 0 Å². The molecule has 2 rings (SSSR count). The lowest BCUT2D eigenvalue weighted by Gasteiger charge is -2.28. The second kappa shape index (κ2) is 3.66. The number of fused-ring (bicyclic) bond motifs is 1. The van der Waals surface area contributed by atoms with E-state index in [2.05, 4.69) is 6.08 Å².